The summed E-state index contributed by atoms with van der Waals surface area (Å²) in [6.07, 6.45) is 0. The van der Waals surface area contributed by atoms with E-state index in [2.05, 4.69) is 10.6 Å². The lowest BCUT2D eigenvalue weighted by Crippen LogP contribution is -2.42. The van der Waals surface area contributed by atoms with Crippen molar-refractivity contribution in [3.8, 4) is 11.5 Å². The van der Waals surface area contributed by atoms with Crippen LogP contribution in [0.3, 0.4) is 0 Å². The highest BCUT2D eigenvalue weighted by Crippen LogP contribution is 2.27. The molecular weight excluding hydrogens is 390 g/mol. The van der Waals surface area contributed by atoms with E-state index in [0.29, 0.717) is 11.5 Å². The number of nitrogens with zero attached hydrogens (tertiary/aromatic N) is 1. The maximum Gasteiger partial charge on any atom is 0.262 e. The van der Waals surface area contributed by atoms with Crippen LogP contribution in [0.5, 0.6) is 11.5 Å². The number of amides is 4. The molecule has 0 atom stereocenters. The lowest BCUT2D eigenvalue weighted by molar-refractivity contribution is -0.121. The van der Waals surface area contributed by atoms with Gasteiger partial charge in [0.15, 0.2) is 0 Å². The topological polar surface area (TPSA) is 114 Å². The van der Waals surface area contributed by atoms with Crippen molar-refractivity contribution in [2.75, 3.05) is 33.9 Å². The summed E-state index contributed by atoms with van der Waals surface area (Å²) < 4.78 is 10.4. The second-order valence-electron chi connectivity index (χ2n) is 6.39. The van der Waals surface area contributed by atoms with Gasteiger partial charge in [-0.3, -0.25) is 24.1 Å². The normalized spacial score (nSPS) is 12.4. The molecule has 2 N–H and O–H groups in total. The van der Waals surface area contributed by atoms with Crippen molar-refractivity contribution in [1.82, 2.24) is 15.5 Å². The molecule has 4 amide bonds. The van der Waals surface area contributed by atoms with Crippen molar-refractivity contribution < 1.29 is 28.7 Å². The first kappa shape index (κ1) is 20.8. The standard InChI is InChI=1S/C21H21N3O6/c1-29-15-8-5-9-16(30-2)18(15)19(26)23-11-10-22-17(25)12-24-20(27)13-6-3-4-7-14(13)21(24)28/h3-9H,10-12H2,1-2H3,(H,22,25)(H,23,26). The summed E-state index contributed by atoms with van der Waals surface area (Å²) >= 11 is 0. The maximum atomic E-state index is 12.5. The van der Waals surface area contributed by atoms with E-state index in [4.69, 9.17) is 9.47 Å². The summed E-state index contributed by atoms with van der Waals surface area (Å²) in [7, 11) is 2.90. The molecule has 9 nitrogen and oxygen atoms in total. The van der Waals surface area contributed by atoms with Crippen molar-refractivity contribution in [2.24, 2.45) is 0 Å². The lowest BCUT2D eigenvalue weighted by atomic mass is 10.1. The van der Waals surface area contributed by atoms with E-state index in [1.165, 1.54) is 14.2 Å². The first-order valence-corrected chi connectivity index (χ1v) is 9.19. The fraction of sp³-hybridized carbons (Fsp3) is 0.238. The van der Waals surface area contributed by atoms with E-state index >= 15 is 0 Å². The Bertz CT molecular complexity index is 947. The van der Waals surface area contributed by atoms with Crippen LogP contribution in [-0.4, -0.2) is 62.4 Å². The molecule has 0 bridgehead atoms. The number of benzene rings is 2. The van der Waals surface area contributed by atoms with Crippen molar-refractivity contribution in [1.29, 1.82) is 0 Å². The highest BCUT2D eigenvalue weighted by Gasteiger charge is 2.36. The van der Waals surface area contributed by atoms with E-state index < -0.39 is 23.6 Å². The number of imide groups is 1. The van der Waals surface area contributed by atoms with Crippen LogP contribution in [0.1, 0.15) is 31.1 Å². The number of carbonyl (C=O) groups excluding carboxylic acids is 4. The number of ether oxygens (including phenoxy) is 2. The predicted octanol–water partition coefficient (Wildman–Crippen LogP) is 0.846. The second kappa shape index (κ2) is 9.08. The summed E-state index contributed by atoms with van der Waals surface area (Å²) in [5.74, 6) is -1.19. The van der Waals surface area contributed by atoms with Crippen molar-refractivity contribution in [2.45, 2.75) is 0 Å². The number of hydrogen-bond donors (Lipinski definition) is 2. The van der Waals surface area contributed by atoms with Crippen LogP contribution in [0.2, 0.25) is 0 Å². The summed E-state index contributed by atoms with van der Waals surface area (Å²) in [4.78, 5) is 50.1. The van der Waals surface area contributed by atoms with Gasteiger partial charge in [-0.2, -0.15) is 0 Å². The number of rotatable bonds is 8. The molecule has 1 aliphatic heterocycles. The first-order valence-electron chi connectivity index (χ1n) is 9.19. The molecule has 3 rings (SSSR count). The molecule has 0 aliphatic carbocycles. The first-order chi connectivity index (χ1) is 14.5. The molecular formula is C21H21N3O6. The minimum absolute atomic E-state index is 0.116. The van der Waals surface area contributed by atoms with Gasteiger partial charge in [-0.25, -0.2) is 0 Å². The SMILES string of the molecule is COc1cccc(OC)c1C(=O)NCCNC(=O)CN1C(=O)c2ccccc2C1=O. The van der Waals surface area contributed by atoms with Gasteiger partial charge in [-0.1, -0.05) is 18.2 Å². The molecule has 0 saturated carbocycles. The second-order valence-corrected chi connectivity index (χ2v) is 6.39. The number of hydrogen-bond acceptors (Lipinski definition) is 6. The van der Waals surface area contributed by atoms with Gasteiger partial charge in [-0.05, 0) is 24.3 Å². The molecule has 2 aromatic rings. The van der Waals surface area contributed by atoms with Crippen LogP contribution in [-0.2, 0) is 4.79 Å². The van der Waals surface area contributed by atoms with Gasteiger partial charge in [-0.15, -0.1) is 0 Å². The number of methoxy groups -OCH3 is 2. The molecule has 0 fully saturated rings. The van der Waals surface area contributed by atoms with E-state index in [0.717, 1.165) is 4.90 Å². The molecule has 2 aromatic carbocycles. The fourth-order valence-corrected chi connectivity index (χ4v) is 3.12. The van der Waals surface area contributed by atoms with Gasteiger partial charge in [0.1, 0.15) is 23.6 Å². The summed E-state index contributed by atoms with van der Waals surface area (Å²) in [5.41, 5.74) is 0.821. The largest absolute Gasteiger partial charge is 0.496 e. The molecule has 9 heteroatoms. The molecule has 0 spiro atoms. The van der Waals surface area contributed by atoms with Gasteiger partial charge < -0.3 is 20.1 Å². The van der Waals surface area contributed by atoms with Crippen LogP contribution in [0.15, 0.2) is 42.5 Å². The summed E-state index contributed by atoms with van der Waals surface area (Å²) in [5, 5.41) is 5.25. The third-order valence-electron chi connectivity index (χ3n) is 4.57. The average molecular weight is 411 g/mol. The quantitative estimate of drug-likeness (QED) is 0.492. The Morgan fingerprint density at radius 2 is 1.37 bits per heavy atom. The Labute approximate surface area is 172 Å². The smallest absolute Gasteiger partial charge is 0.262 e. The molecule has 0 saturated heterocycles. The van der Waals surface area contributed by atoms with E-state index in [1.54, 1.807) is 42.5 Å². The molecule has 30 heavy (non-hydrogen) atoms. The van der Waals surface area contributed by atoms with E-state index in [-0.39, 0.29) is 36.3 Å². The zero-order chi connectivity index (χ0) is 21.7. The number of fused-ring (bicyclic) bond motifs is 1. The van der Waals surface area contributed by atoms with Gasteiger partial charge in [0.25, 0.3) is 17.7 Å². The summed E-state index contributed by atoms with van der Waals surface area (Å²) in [6.45, 7) is -0.139. The molecule has 1 aliphatic rings. The molecule has 0 radical (unpaired) electrons. The van der Waals surface area contributed by atoms with Gasteiger partial charge in [0, 0.05) is 13.1 Å². The van der Waals surface area contributed by atoms with Crippen LogP contribution in [0.4, 0.5) is 0 Å². The Morgan fingerprint density at radius 3 is 1.90 bits per heavy atom. The van der Waals surface area contributed by atoms with E-state index in [1.807, 2.05) is 0 Å². The maximum absolute atomic E-state index is 12.5. The van der Waals surface area contributed by atoms with Crippen LogP contribution >= 0.6 is 0 Å². The summed E-state index contributed by atoms with van der Waals surface area (Å²) in [6, 6.07) is 11.4. The predicted molar refractivity (Wildman–Crippen MR) is 107 cm³/mol. The van der Waals surface area contributed by atoms with Gasteiger partial charge >= 0.3 is 0 Å². The van der Waals surface area contributed by atoms with Crippen molar-refractivity contribution in [3.63, 3.8) is 0 Å². The van der Waals surface area contributed by atoms with Gasteiger partial charge in [0.2, 0.25) is 5.91 Å². The Balaban J connectivity index is 1.50. The average Bonchev–Trinajstić information content (AvgIpc) is 3.01. The molecule has 156 valence electrons. The highest BCUT2D eigenvalue weighted by molar-refractivity contribution is 6.22. The molecule has 1 heterocycles. The number of nitrogens with one attached hydrogen (secondary N) is 2. The minimum atomic E-state index is -0.506. The third kappa shape index (κ3) is 4.09. The van der Waals surface area contributed by atoms with Crippen LogP contribution in [0, 0.1) is 0 Å². The van der Waals surface area contributed by atoms with Crippen LogP contribution in [0.25, 0.3) is 0 Å². The Morgan fingerprint density at radius 1 is 0.833 bits per heavy atom. The molecule has 0 aromatic heterocycles. The van der Waals surface area contributed by atoms with Gasteiger partial charge in [0.05, 0.1) is 25.3 Å². The van der Waals surface area contributed by atoms with Crippen molar-refractivity contribution >= 4 is 23.6 Å². The highest BCUT2D eigenvalue weighted by atomic mass is 16.5. The monoisotopic (exact) mass is 411 g/mol. The zero-order valence-electron chi connectivity index (χ0n) is 16.6. The number of carbonyl (C=O) groups is 4. The third-order valence-corrected chi connectivity index (χ3v) is 4.57. The minimum Gasteiger partial charge on any atom is -0.496 e. The van der Waals surface area contributed by atoms with E-state index in [9.17, 15) is 19.2 Å². The molecule has 0 unspecified atom stereocenters. The Hall–Kier alpha value is -3.88. The zero-order valence-corrected chi connectivity index (χ0v) is 16.6. The fourth-order valence-electron chi connectivity index (χ4n) is 3.12. The van der Waals surface area contributed by atoms with Crippen LogP contribution < -0.4 is 20.1 Å². The van der Waals surface area contributed by atoms with Crippen molar-refractivity contribution in [3.05, 3.63) is 59.2 Å². The lowest BCUT2D eigenvalue weighted by Gasteiger charge is -2.15. The Kier molecular flexibility index (Phi) is 6.31.